The lowest BCUT2D eigenvalue weighted by atomic mass is 9.69. The van der Waals surface area contributed by atoms with Crippen molar-refractivity contribution in [3.63, 3.8) is 0 Å². The minimum absolute atomic E-state index is 0.0891. The van der Waals surface area contributed by atoms with Gasteiger partial charge in [0, 0.05) is 44.2 Å². The zero-order chi connectivity index (χ0) is 15.7. The number of amides is 3. The first-order valence-corrected chi connectivity index (χ1v) is 8.90. The second-order valence-corrected chi connectivity index (χ2v) is 7.40. The minimum Gasteiger partial charge on any atom is -0.342 e. The molecular weight excluding hydrogens is 278 g/mol. The highest BCUT2D eigenvalue weighted by Crippen LogP contribution is 2.42. The summed E-state index contributed by atoms with van der Waals surface area (Å²) in [7, 11) is 0. The zero-order valence-corrected chi connectivity index (χ0v) is 14.0. The summed E-state index contributed by atoms with van der Waals surface area (Å²) in [6.07, 6.45) is 6.17. The average Bonchev–Trinajstić information content (AvgIpc) is 2.86. The summed E-state index contributed by atoms with van der Waals surface area (Å²) in [6, 6.07) is 0.533. The lowest BCUT2D eigenvalue weighted by Crippen LogP contribution is -2.52. The summed E-state index contributed by atoms with van der Waals surface area (Å²) in [5.41, 5.74) is -0.0891. The largest absolute Gasteiger partial charge is 0.342 e. The molecule has 124 valence electrons. The molecule has 3 amide bonds. The Balaban J connectivity index is 1.52. The molecule has 1 saturated carbocycles. The molecule has 0 spiro atoms. The van der Waals surface area contributed by atoms with Crippen molar-refractivity contribution in [3.8, 4) is 0 Å². The van der Waals surface area contributed by atoms with Gasteiger partial charge in [-0.25, -0.2) is 4.79 Å². The number of hydrogen-bond donors (Lipinski definition) is 0. The first kappa shape index (κ1) is 15.6. The third kappa shape index (κ3) is 2.70. The van der Waals surface area contributed by atoms with Gasteiger partial charge in [0.2, 0.25) is 5.91 Å². The van der Waals surface area contributed by atoms with Gasteiger partial charge in [-0.15, -0.1) is 0 Å². The molecule has 0 unspecified atom stereocenters. The van der Waals surface area contributed by atoms with E-state index in [9.17, 15) is 9.59 Å². The van der Waals surface area contributed by atoms with Gasteiger partial charge in [0.15, 0.2) is 0 Å². The Hall–Kier alpha value is -1.26. The van der Waals surface area contributed by atoms with E-state index in [-0.39, 0.29) is 11.4 Å². The van der Waals surface area contributed by atoms with Crippen molar-refractivity contribution in [2.45, 2.75) is 58.4 Å². The molecule has 3 rings (SSSR count). The van der Waals surface area contributed by atoms with Gasteiger partial charge in [-0.1, -0.05) is 20.3 Å². The van der Waals surface area contributed by atoms with Crippen LogP contribution in [0.5, 0.6) is 0 Å². The monoisotopic (exact) mass is 307 g/mol. The summed E-state index contributed by atoms with van der Waals surface area (Å²) >= 11 is 0. The molecule has 2 saturated heterocycles. The predicted molar refractivity (Wildman–Crippen MR) is 85.5 cm³/mol. The maximum absolute atomic E-state index is 12.6. The molecule has 5 nitrogen and oxygen atoms in total. The second-order valence-electron chi connectivity index (χ2n) is 7.40. The van der Waals surface area contributed by atoms with E-state index >= 15 is 0 Å². The molecule has 0 atom stereocenters. The molecule has 3 aliphatic rings. The van der Waals surface area contributed by atoms with Gasteiger partial charge in [-0.05, 0) is 32.1 Å². The van der Waals surface area contributed by atoms with Crippen molar-refractivity contribution in [1.29, 1.82) is 0 Å². The van der Waals surface area contributed by atoms with E-state index in [1.54, 1.807) is 0 Å². The zero-order valence-electron chi connectivity index (χ0n) is 14.0. The van der Waals surface area contributed by atoms with Crippen LogP contribution in [-0.4, -0.2) is 65.4 Å². The Labute approximate surface area is 133 Å². The van der Waals surface area contributed by atoms with Crippen LogP contribution in [0.15, 0.2) is 0 Å². The van der Waals surface area contributed by atoms with E-state index < -0.39 is 0 Å². The van der Waals surface area contributed by atoms with Crippen molar-refractivity contribution in [1.82, 2.24) is 14.7 Å². The van der Waals surface area contributed by atoms with Crippen LogP contribution in [0.3, 0.4) is 0 Å². The van der Waals surface area contributed by atoms with Crippen molar-refractivity contribution >= 4 is 11.9 Å². The number of carbonyl (C=O) groups is 2. The molecule has 3 fully saturated rings. The fourth-order valence-electron chi connectivity index (χ4n) is 4.10. The van der Waals surface area contributed by atoms with E-state index in [2.05, 4.69) is 13.8 Å². The molecule has 5 heteroatoms. The summed E-state index contributed by atoms with van der Waals surface area (Å²) < 4.78 is 0. The summed E-state index contributed by atoms with van der Waals surface area (Å²) in [4.78, 5) is 31.0. The van der Waals surface area contributed by atoms with Crippen LogP contribution in [0, 0.1) is 5.41 Å². The van der Waals surface area contributed by atoms with Crippen molar-refractivity contribution < 1.29 is 9.59 Å². The summed E-state index contributed by atoms with van der Waals surface area (Å²) in [5, 5.41) is 0. The van der Waals surface area contributed by atoms with Crippen LogP contribution in [0.1, 0.15) is 52.4 Å². The number of nitrogens with zero attached hydrogens (tertiary/aromatic N) is 3. The Morgan fingerprint density at radius 1 is 1.18 bits per heavy atom. The minimum atomic E-state index is -0.0891. The molecule has 0 N–H and O–H groups in total. The highest BCUT2D eigenvalue weighted by atomic mass is 16.2. The Bertz CT molecular complexity index is 439. The Kier molecular flexibility index (Phi) is 4.33. The molecule has 0 aromatic heterocycles. The third-order valence-corrected chi connectivity index (χ3v) is 5.79. The first-order valence-electron chi connectivity index (χ1n) is 8.90. The van der Waals surface area contributed by atoms with E-state index in [0.717, 1.165) is 64.8 Å². The molecule has 0 aromatic carbocycles. The van der Waals surface area contributed by atoms with Gasteiger partial charge < -0.3 is 14.7 Å². The normalized spacial score (nSPS) is 25.5. The molecule has 22 heavy (non-hydrogen) atoms. The van der Waals surface area contributed by atoms with E-state index in [1.165, 1.54) is 6.42 Å². The topological polar surface area (TPSA) is 43.9 Å². The summed E-state index contributed by atoms with van der Waals surface area (Å²) in [6.45, 7) is 8.44. The molecule has 1 aliphatic carbocycles. The van der Waals surface area contributed by atoms with Crippen LogP contribution >= 0.6 is 0 Å². The number of carbonyl (C=O) groups excluding carboxylic acids is 2. The van der Waals surface area contributed by atoms with Gasteiger partial charge in [0.25, 0.3) is 0 Å². The number of rotatable bonds is 4. The molecule has 0 aromatic rings. The molecule has 2 aliphatic heterocycles. The smallest absolute Gasteiger partial charge is 0.320 e. The predicted octanol–water partition coefficient (Wildman–Crippen LogP) is 2.32. The fourth-order valence-corrected chi connectivity index (χ4v) is 4.10. The molecular formula is C17H29N3O2. The highest BCUT2D eigenvalue weighted by Gasteiger charge is 2.43. The number of urea groups is 1. The Morgan fingerprint density at radius 3 is 2.41 bits per heavy atom. The SMILES string of the molecule is CCCN1CCN(C2CCN(C(=O)C3(C)CCC3)CC2)C1=O. The standard InChI is InChI=1S/C17H29N3O2/c1-3-9-19-12-13-20(16(19)22)14-5-10-18(11-6-14)15(21)17(2)7-4-8-17/h14H,3-13H2,1-2H3. The number of piperidine rings is 1. The van der Waals surface area contributed by atoms with Crippen molar-refractivity contribution in [3.05, 3.63) is 0 Å². The van der Waals surface area contributed by atoms with Gasteiger partial charge in [0.05, 0.1) is 0 Å². The fraction of sp³-hybridized carbons (Fsp3) is 0.882. The van der Waals surface area contributed by atoms with Crippen molar-refractivity contribution in [2.75, 3.05) is 32.7 Å². The quantitative estimate of drug-likeness (QED) is 0.800. The van der Waals surface area contributed by atoms with Crippen LogP contribution in [-0.2, 0) is 4.79 Å². The van der Waals surface area contributed by atoms with E-state index in [4.69, 9.17) is 0 Å². The van der Waals surface area contributed by atoms with Crippen LogP contribution in [0.4, 0.5) is 4.79 Å². The van der Waals surface area contributed by atoms with Crippen LogP contribution in [0.2, 0.25) is 0 Å². The van der Waals surface area contributed by atoms with Crippen molar-refractivity contribution in [2.24, 2.45) is 5.41 Å². The van der Waals surface area contributed by atoms with Crippen LogP contribution < -0.4 is 0 Å². The molecule has 0 bridgehead atoms. The first-order chi connectivity index (χ1) is 10.5. The average molecular weight is 307 g/mol. The van der Waals surface area contributed by atoms with Crippen LogP contribution in [0.25, 0.3) is 0 Å². The number of likely N-dealkylation sites (tertiary alicyclic amines) is 1. The highest BCUT2D eigenvalue weighted by molar-refractivity contribution is 5.83. The van der Waals surface area contributed by atoms with E-state index in [0.29, 0.717) is 11.9 Å². The summed E-state index contributed by atoms with van der Waals surface area (Å²) in [5.74, 6) is 0.345. The van der Waals surface area contributed by atoms with Gasteiger partial charge >= 0.3 is 6.03 Å². The van der Waals surface area contributed by atoms with Gasteiger partial charge in [-0.3, -0.25) is 4.79 Å². The maximum atomic E-state index is 12.6. The Morgan fingerprint density at radius 2 is 1.86 bits per heavy atom. The number of hydrogen-bond acceptors (Lipinski definition) is 2. The third-order valence-electron chi connectivity index (χ3n) is 5.79. The lowest BCUT2D eigenvalue weighted by Gasteiger charge is -2.44. The second kappa shape index (κ2) is 6.09. The lowest BCUT2D eigenvalue weighted by molar-refractivity contribution is -0.147. The van der Waals surface area contributed by atoms with Gasteiger partial charge in [0.1, 0.15) is 0 Å². The van der Waals surface area contributed by atoms with Gasteiger partial charge in [-0.2, -0.15) is 0 Å². The van der Waals surface area contributed by atoms with E-state index in [1.807, 2.05) is 14.7 Å². The molecule has 0 radical (unpaired) electrons. The maximum Gasteiger partial charge on any atom is 0.320 e. The molecule has 2 heterocycles.